The first-order valence-corrected chi connectivity index (χ1v) is 9.47. The minimum Gasteiger partial charge on any atom is -0.322 e. The van der Waals surface area contributed by atoms with Gasteiger partial charge in [0.2, 0.25) is 5.82 Å². The molecule has 1 N–H and O–H groups in total. The second-order valence-electron chi connectivity index (χ2n) is 7.34. The van der Waals surface area contributed by atoms with Crippen molar-refractivity contribution in [2.24, 2.45) is 0 Å². The van der Waals surface area contributed by atoms with Gasteiger partial charge in [-0.05, 0) is 41.8 Å². The van der Waals surface area contributed by atoms with Crippen LogP contribution in [0.4, 0.5) is 27.6 Å². The zero-order valence-corrected chi connectivity index (χ0v) is 16.8. The summed E-state index contributed by atoms with van der Waals surface area (Å²) in [4.78, 5) is 13.6. The first kappa shape index (κ1) is 21.4. The number of halogens is 5. The van der Waals surface area contributed by atoms with Crippen molar-refractivity contribution in [3.8, 4) is 5.69 Å². The monoisotopic (exact) mass is 446 g/mol. The van der Waals surface area contributed by atoms with Crippen molar-refractivity contribution in [3.63, 3.8) is 0 Å². The number of carbonyl (C=O) groups excluding carboxylic acids is 1. The van der Waals surface area contributed by atoms with Crippen LogP contribution in [0, 0.1) is 29.1 Å². The lowest BCUT2D eigenvalue weighted by molar-refractivity contribution is 0.101. The Bertz CT molecular complexity index is 1320. The van der Waals surface area contributed by atoms with E-state index in [1.807, 2.05) is 24.3 Å². The van der Waals surface area contributed by atoms with Crippen molar-refractivity contribution in [2.75, 3.05) is 5.32 Å². The molecule has 0 aliphatic carbocycles. The van der Waals surface area contributed by atoms with E-state index >= 15 is 0 Å². The van der Waals surface area contributed by atoms with Crippen LogP contribution in [0.2, 0.25) is 0 Å². The van der Waals surface area contributed by atoms with E-state index in [1.165, 1.54) is 23.0 Å². The average molecular weight is 446 g/mol. The quantitative estimate of drug-likeness (QED) is 0.256. The number of hydrogen-bond donors (Lipinski definition) is 1. The van der Waals surface area contributed by atoms with Gasteiger partial charge in [-0.25, -0.2) is 22.0 Å². The average Bonchev–Trinajstić information content (AvgIpc) is 3.20. The molecule has 32 heavy (non-hydrogen) atoms. The SMILES string of the molecule is CC(C)c1ccc(-n2nc3ccc(NC(=O)c4c(F)c(F)c(F)c(F)c4F)cc3n2)cc1. The highest BCUT2D eigenvalue weighted by Gasteiger charge is 2.29. The van der Waals surface area contributed by atoms with Gasteiger partial charge in [0.1, 0.15) is 16.6 Å². The molecule has 0 spiro atoms. The number of anilines is 1. The minimum absolute atomic E-state index is 0.0358. The van der Waals surface area contributed by atoms with Gasteiger partial charge in [-0.1, -0.05) is 26.0 Å². The molecular formula is C22H15F5N4O. The van der Waals surface area contributed by atoms with Gasteiger partial charge < -0.3 is 5.32 Å². The van der Waals surface area contributed by atoms with Crippen LogP contribution in [0.5, 0.6) is 0 Å². The fourth-order valence-electron chi connectivity index (χ4n) is 3.10. The maximum absolute atomic E-state index is 13.9. The number of nitrogens with zero attached hydrogens (tertiary/aromatic N) is 3. The number of carbonyl (C=O) groups is 1. The molecule has 0 aliphatic heterocycles. The molecule has 0 radical (unpaired) electrons. The fourth-order valence-corrected chi connectivity index (χ4v) is 3.10. The number of hydrogen-bond acceptors (Lipinski definition) is 3. The molecule has 5 nitrogen and oxygen atoms in total. The number of fused-ring (bicyclic) bond motifs is 1. The molecule has 0 saturated heterocycles. The van der Waals surface area contributed by atoms with Crippen LogP contribution >= 0.6 is 0 Å². The number of aromatic nitrogens is 3. The number of nitrogens with one attached hydrogen (secondary N) is 1. The first-order chi connectivity index (χ1) is 15.2. The van der Waals surface area contributed by atoms with E-state index in [4.69, 9.17) is 0 Å². The highest BCUT2D eigenvalue weighted by atomic mass is 19.2. The van der Waals surface area contributed by atoms with Crippen molar-refractivity contribution in [2.45, 2.75) is 19.8 Å². The lowest BCUT2D eigenvalue weighted by atomic mass is 10.0. The summed E-state index contributed by atoms with van der Waals surface area (Å²) in [5.41, 5.74) is 1.10. The van der Waals surface area contributed by atoms with Crippen LogP contribution in [0.3, 0.4) is 0 Å². The smallest absolute Gasteiger partial charge is 0.261 e. The van der Waals surface area contributed by atoms with Crippen molar-refractivity contribution >= 4 is 22.6 Å². The van der Waals surface area contributed by atoms with E-state index in [9.17, 15) is 26.7 Å². The summed E-state index contributed by atoms with van der Waals surface area (Å²) >= 11 is 0. The highest BCUT2D eigenvalue weighted by molar-refractivity contribution is 6.05. The topological polar surface area (TPSA) is 59.8 Å². The van der Waals surface area contributed by atoms with Crippen molar-refractivity contribution in [1.29, 1.82) is 0 Å². The van der Waals surface area contributed by atoms with Crippen LogP contribution in [0.15, 0.2) is 42.5 Å². The molecular weight excluding hydrogens is 431 g/mol. The van der Waals surface area contributed by atoms with Gasteiger partial charge in [0, 0.05) is 5.69 Å². The summed E-state index contributed by atoms with van der Waals surface area (Å²) in [6.45, 7) is 4.13. The van der Waals surface area contributed by atoms with Crippen LogP contribution in [-0.2, 0) is 0 Å². The van der Waals surface area contributed by atoms with Crippen molar-refractivity contribution < 1.29 is 26.7 Å². The second-order valence-corrected chi connectivity index (χ2v) is 7.34. The molecule has 10 heteroatoms. The Morgan fingerprint density at radius 3 is 1.97 bits per heavy atom. The Balaban J connectivity index is 1.63. The Hall–Kier alpha value is -3.82. The molecule has 3 aromatic carbocycles. The summed E-state index contributed by atoms with van der Waals surface area (Å²) in [6, 6.07) is 11.8. The Labute approximate surface area is 178 Å². The number of amides is 1. The van der Waals surface area contributed by atoms with E-state index in [1.54, 1.807) is 0 Å². The van der Waals surface area contributed by atoms with Crippen LogP contribution < -0.4 is 5.32 Å². The van der Waals surface area contributed by atoms with Gasteiger partial charge >= 0.3 is 0 Å². The summed E-state index contributed by atoms with van der Waals surface area (Å²) in [5.74, 6) is -12.3. The summed E-state index contributed by atoms with van der Waals surface area (Å²) in [5, 5.41) is 10.8. The summed E-state index contributed by atoms with van der Waals surface area (Å²) in [6.07, 6.45) is 0. The zero-order chi connectivity index (χ0) is 23.2. The summed E-state index contributed by atoms with van der Waals surface area (Å²) in [7, 11) is 0. The van der Waals surface area contributed by atoms with Gasteiger partial charge in [0.15, 0.2) is 23.3 Å². The lowest BCUT2D eigenvalue weighted by Crippen LogP contribution is -2.19. The van der Waals surface area contributed by atoms with E-state index in [0.717, 1.165) is 5.56 Å². The molecule has 0 aliphatic rings. The lowest BCUT2D eigenvalue weighted by Gasteiger charge is -2.09. The molecule has 0 saturated carbocycles. The molecule has 0 bridgehead atoms. The molecule has 0 unspecified atom stereocenters. The molecule has 0 fully saturated rings. The standard InChI is InChI=1S/C22H15F5N4O/c1-10(2)11-3-6-13(7-4-11)31-29-14-8-5-12(9-15(14)30-31)28-22(32)16-17(23)19(25)21(27)20(26)18(16)24/h3-10H,1-2H3,(H,28,32). The van der Waals surface area contributed by atoms with E-state index < -0.39 is 40.6 Å². The number of rotatable bonds is 4. The van der Waals surface area contributed by atoms with Gasteiger partial charge in [-0.3, -0.25) is 4.79 Å². The van der Waals surface area contributed by atoms with E-state index in [2.05, 4.69) is 29.4 Å². The van der Waals surface area contributed by atoms with Gasteiger partial charge in [0.05, 0.1) is 5.69 Å². The Morgan fingerprint density at radius 1 is 0.812 bits per heavy atom. The molecule has 1 aromatic heterocycles. The first-order valence-electron chi connectivity index (χ1n) is 9.47. The fraction of sp³-hybridized carbons (Fsp3) is 0.136. The van der Waals surface area contributed by atoms with E-state index in [0.29, 0.717) is 22.6 Å². The molecule has 0 atom stereocenters. The van der Waals surface area contributed by atoms with Crippen LogP contribution in [0.25, 0.3) is 16.7 Å². The predicted molar refractivity (Wildman–Crippen MR) is 107 cm³/mol. The maximum Gasteiger partial charge on any atom is 0.261 e. The molecule has 4 aromatic rings. The number of benzene rings is 3. The Morgan fingerprint density at radius 2 is 1.38 bits per heavy atom. The third-order valence-electron chi connectivity index (χ3n) is 4.87. The van der Waals surface area contributed by atoms with Gasteiger partial charge in [-0.15, -0.1) is 10.2 Å². The largest absolute Gasteiger partial charge is 0.322 e. The highest BCUT2D eigenvalue weighted by Crippen LogP contribution is 2.25. The van der Waals surface area contributed by atoms with Crippen LogP contribution in [-0.4, -0.2) is 20.9 Å². The van der Waals surface area contributed by atoms with Gasteiger partial charge in [0.25, 0.3) is 5.91 Å². The molecule has 1 heterocycles. The molecule has 164 valence electrons. The van der Waals surface area contributed by atoms with Crippen LogP contribution in [0.1, 0.15) is 35.7 Å². The Kier molecular flexibility index (Phi) is 5.37. The minimum atomic E-state index is -2.34. The predicted octanol–water partition coefficient (Wildman–Crippen LogP) is 5.49. The summed E-state index contributed by atoms with van der Waals surface area (Å²) < 4.78 is 67.7. The third kappa shape index (κ3) is 3.68. The third-order valence-corrected chi connectivity index (χ3v) is 4.87. The van der Waals surface area contributed by atoms with Crippen molar-refractivity contribution in [3.05, 3.63) is 82.7 Å². The van der Waals surface area contributed by atoms with Crippen molar-refractivity contribution in [1.82, 2.24) is 15.0 Å². The molecule has 4 rings (SSSR count). The zero-order valence-electron chi connectivity index (χ0n) is 16.8. The van der Waals surface area contributed by atoms with Gasteiger partial charge in [-0.2, -0.15) is 4.80 Å². The van der Waals surface area contributed by atoms with E-state index in [-0.39, 0.29) is 5.69 Å². The second kappa shape index (κ2) is 8.03. The maximum atomic E-state index is 13.9. The normalized spacial score (nSPS) is 11.4. The molecule has 1 amide bonds.